The molecule has 0 amide bonds. The van der Waals surface area contributed by atoms with Gasteiger partial charge in [-0.05, 0) is 44.1 Å². The first kappa shape index (κ1) is 13.1. The lowest BCUT2D eigenvalue weighted by atomic mass is 9.89. The van der Waals surface area contributed by atoms with E-state index in [0.29, 0.717) is 12.3 Å². The number of carbonyl (C=O) groups is 1. The monoisotopic (exact) mass is 246 g/mol. The van der Waals surface area contributed by atoms with Crippen LogP contribution in [0.1, 0.15) is 44.6 Å². The van der Waals surface area contributed by atoms with Crippen molar-refractivity contribution in [2.24, 2.45) is 5.92 Å². The van der Waals surface area contributed by atoms with Crippen LogP contribution in [0.25, 0.3) is 0 Å². The molecule has 0 saturated carbocycles. The summed E-state index contributed by atoms with van der Waals surface area (Å²) in [6, 6.07) is 10.6. The van der Waals surface area contributed by atoms with Gasteiger partial charge in [-0.25, -0.2) is 0 Å². The van der Waals surface area contributed by atoms with E-state index in [4.69, 9.17) is 4.74 Å². The molecule has 1 aromatic rings. The van der Waals surface area contributed by atoms with E-state index in [1.54, 1.807) is 0 Å². The molecule has 0 aromatic heterocycles. The lowest BCUT2D eigenvalue weighted by Gasteiger charge is -2.19. The van der Waals surface area contributed by atoms with Crippen LogP contribution in [-0.4, -0.2) is 12.1 Å². The number of hydrogen-bond donors (Lipinski definition) is 0. The van der Waals surface area contributed by atoms with E-state index in [1.165, 1.54) is 12.0 Å². The van der Waals surface area contributed by atoms with E-state index in [1.807, 2.05) is 6.92 Å². The van der Waals surface area contributed by atoms with Crippen molar-refractivity contribution < 1.29 is 9.53 Å². The first-order valence-electron chi connectivity index (χ1n) is 6.97. The smallest absolute Gasteiger partial charge is 0.306 e. The third-order valence-electron chi connectivity index (χ3n) is 3.61. The summed E-state index contributed by atoms with van der Waals surface area (Å²) >= 11 is 0. The number of benzene rings is 1. The highest BCUT2D eigenvalue weighted by Crippen LogP contribution is 2.24. The standard InChI is InChI=1S/C16H22O2/c1-13-11-15(9-5-6-10-16(17)18-13)12-14-7-3-2-4-8-14/h2-4,7-8,13,15H,5-6,9-12H2,1H3/t13-,15-/m0/s1. The van der Waals surface area contributed by atoms with Gasteiger partial charge in [0.2, 0.25) is 0 Å². The largest absolute Gasteiger partial charge is 0.463 e. The molecule has 1 fully saturated rings. The van der Waals surface area contributed by atoms with E-state index in [2.05, 4.69) is 30.3 Å². The van der Waals surface area contributed by atoms with Crippen LogP contribution in [0.3, 0.4) is 0 Å². The van der Waals surface area contributed by atoms with Crippen molar-refractivity contribution in [3.63, 3.8) is 0 Å². The second-order valence-corrected chi connectivity index (χ2v) is 5.34. The minimum atomic E-state index is -0.0251. The van der Waals surface area contributed by atoms with Gasteiger partial charge in [-0.15, -0.1) is 0 Å². The molecule has 0 aliphatic carbocycles. The number of ether oxygens (including phenoxy) is 1. The predicted octanol–water partition coefficient (Wildman–Crippen LogP) is 3.74. The van der Waals surface area contributed by atoms with E-state index < -0.39 is 0 Å². The molecule has 1 heterocycles. The molecule has 2 rings (SSSR count). The highest BCUT2D eigenvalue weighted by molar-refractivity contribution is 5.69. The predicted molar refractivity (Wildman–Crippen MR) is 72.3 cm³/mol. The maximum absolute atomic E-state index is 11.4. The third kappa shape index (κ3) is 4.17. The molecule has 1 aliphatic heterocycles. The van der Waals surface area contributed by atoms with Gasteiger partial charge < -0.3 is 4.74 Å². The molecular weight excluding hydrogens is 224 g/mol. The first-order chi connectivity index (χ1) is 8.74. The highest BCUT2D eigenvalue weighted by Gasteiger charge is 2.19. The molecular formula is C16H22O2. The van der Waals surface area contributed by atoms with Gasteiger partial charge in [0, 0.05) is 6.42 Å². The van der Waals surface area contributed by atoms with E-state index in [-0.39, 0.29) is 12.1 Å². The summed E-state index contributed by atoms with van der Waals surface area (Å²) in [6.45, 7) is 2.02. The number of hydrogen-bond acceptors (Lipinski definition) is 2. The summed E-state index contributed by atoms with van der Waals surface area (Å²) in [6.07, 6.45) is 6.04. The van der Waals surface area contributed by atoms with Crippen LogP contribution >= 0.6 is 0 Å². The summed E-state index contributed by atoms with van der Waals surface area (Å²) < 4.78 is 5.40. The van der Waals surface area contributed by atoms with Crippen molar-refractivity contribution in [1.82, 2.24) is 0 Å². The average Bonchev–Trinajstić information content (AvgIpc) is 2.41. The molecule has 0 unspecified atom stereocenters. The zero-order chi connectivity index (χ0) is 12.8. The molecule has 2 nitrogen and oxygen atoms in total. The molecule has 98 valence electrons. The fourth-order valence-corrected chi connectivity index (χ4v) is 2.75. The maximum Gasteiger partial charge on any atom is 0.306 e. The molecule has 1 aliphatic rings. The minimum absolute atomic E-state index is 0.0251. The Morgan fingerprint density at radius 2 is 2.00 bits per heavy atom. The summed E-state index contributed by atoms with van der Waals surface area (Å²) in [7, 11) is 0. The number of rotatable bonds is 2. The zero-order valence-corrected chi connectivity index (χ0v) is 11.1. The Morgan fingerprint density at radius 3 is 2.78 bits per heavy atom. The Morgan fingerprint density at radius 1 is 1.22 bits per heavy atom. The molecule has 1 saturated heterocycles. The minimum Gasteiger partial charge on any atom is -0.463 e. The fourth-order valence-electron chi connectivity index (χ4n) is 2.75. The Hall–Kier alpha value is -1.31. The summed E-state index contributed by atoms with van der Waals surface area (Å²) in [4.78, 5) is 11.4. The Labute approximate surface area is 109 Å². The van der Waals surface area contributed by atoms with Gasteiger partial charge in [0.15, 0.2) is 0 Å². The van der Waals surface area contributed by atoms with Crippen molar-refractivity contribution in [3.8, 4) is 0 Å². The number of carbonyl (C=O) groups excluding carboxylic acids is 1. The van der Waals surface area contributed by atoms with Crippen LogP contribution in [0, 0.1) is 5.92 Å². The summed E-state index contributed by atoms with van der Waals surface area (Å²) in [5.41, 5.74) is 1.39. The van der Waals surface area contributed by atoms with Gasteiger partial charge in [0.1, 0.15) is 0 Å². The van der Waals surface area contributed by atoms with Crippen molar-refractivity contribution >= 4 is 5.97 Å². The van der Waals surface area contributed by atoms with E-state index >= 15 is 0 Å². The molecule has 18 heavy (non-hydrogen) atoms. The summed E-state index contributed by atoms with van der Waals surface area (Å²) in [5.74, 6) is 0.608. The Balaban J connectivity index is 1.95. The zero-order valence-electron chi connectivity index (χ0n) is 11.1. The molecule has 2 atom stereocenters. The van der Waals surface area contributed by atoms with Crippen molar-refractivity contribution in [2.45, 2.75) is 51.6 Å². The van der Waals surface area contributed by atoms with Crippen LogP contribution in [0.4, 0.5) is 0 Å². The molecule has 0 spiro atoms. The first-order valence-corrected chi connectivity index (χ1v) is 6.97. The molecule has 0 radical (unpaired) electrons. The number of cyclic esters (lactones) is 1. The molecule has 0 N–H and O–H groups in total. The molecule has 1 aromatic carbocycles. The van der Waals surface area contributed by atoms with Gasteiger partial charge in [0.05, 0.1) is 6.10 Å². The lowest BCUT2D eigenvalue weighted by Crippen LogP contribution is -2.18. The van der Waals surface area contributed by atoms with Gasteiger partial charge in [-0.3, -0.25) is 4.79 Å². The third-order valence-corrected chi connectivity index (χ3v) is 3.61. The lowest BCUT2D eigenvalue weighted by molar-refractivity contribution is -0.148. The summed E-state index contributed by atoms with van der Waals surface area (Å²) in [5, 5.41) is 0. The SMILES string of the molecule is C[C@H]1C[C@@H](Cc2ccccc2)CCCCC(=O)O1. The van der Waals surface area contributed by atoms with Gasteiger partial charge in [-0.1, -0.05) is 36.8 Å². The second kappa shape index (κ2) is 6.58. The highest BCUT2D eigenvalue weighted by atomic mass is 16.5. The topological polar surface area (TPSA) is 26.3 Å². The van der Waals surface area contributed by atoms with E-state index in [0.717, 1.165) is 25.7 Å². The maximum atomic E-state index is 11.4. The number of esters is 1. The van der Waals surface area contributed by atoms with Crippen LogP contribution in [0.5, 0.6) is 0 Å². The van der Waals surface area contributed by atoms with Gasteiger partial charge in [0.25, 0.3) is 0 Å². The second-order valence-electron chi connectivity index (χ2n) is 5.34. The van der Waals surface area contributed by atoms with Crippen molar-refractivity contribution in [1.29, 1.82) is 0 Å². The average molecular weight is 246 g/mol. The van der Waals surface area contributed by atoms with Crippen LogP contribution < -0.4 is 0 Å². The molecule has 0 bridgehead atoms. The molecule has 2 heteroatoms. The van der Waals surface area contributed by atoms with Crippen LogP contribution in [0.15, 0.2) is 30.3 Å². The normalized spacial score (nSPS) is 25.7. The fraction of sp³-hybridized carbons (Fsp3) is 0.562. The quantitative estimate of drug-likeness (QED) is 0.743. The van der Waals surface area contributed by atoms with E-state index in [9.17, 15) is 4.79 Å². The van der Waals surface area contributed by atoms with Crippen LogP contribution in [-0.2, 0) is 16.0 Å². The van der Waals surface area contributed by atoms with Crippen molar-refractivity contribution in [3.05, 3.63) is 35.9 Å². The van der Waals surface area contributed by atoms with Gasteiger partial charge in [-0.2, -0.15) is 0 Å². The van der Waals surface area contributed by atoms with Gasteiger partial charge >= 0.3 is 5.97 Å². The Bertz CT molecular complexity index is 372. The van der Waals surface area contributed by atoms with Crippen LogP contribution in [0.2, 0.25) is 0 Å². The van der Waals surface area contributed by atoms with Crippen molar-refractivity contribution in [2.75, 3.05) is 0 Å². The Kier molecular flexibility index (Phi) is 4.80.